The van der Waals surface area contributed by atoms with Crippen LogP contribution in [-0.2, 0) is 17.9 Å². The maximum absolute atomic E-state index is 13.6. The number of carbonyl (C=O) groups is 1. The second-order valence-corrected chi connectivity index (χ2v) is 8.57. The number of H-pyrrole nitrogens is 1. The molecule has 1 amide bonds. The molecule has 0 saturated heterocycles. The van der Waals surface area contributed by atoms with Crippen LogP contribution in [0.4, 0.5) is 11.5 Å². The number of aromatic amines is 1. The van der Waals surface area contributed by atoms with Crippen molar-refractivity contribution in [1.29, 1.82) is 0 Å². The Bertz CT molecular complexity index is 1290. The van der Waals surface area contributed by atoms with Crippen LogP contribution in [0.5, 0.6) is 5.75 Å². The van der Waals surface area contributed by atoms with Crippen molar-refractivity contribution < 1.29 is 18.8 Å². The SMILES string of the molecule is COCCN(C(=O)c1cccc(OCc2c(C)noc2C)c1)c1c(N)n(CC(C)C)c(=O)[nH]c1=O. The van der Waals surface area contributed by atoms with Crippen LogP contribution in [0.1, 0.15) is 41.2 Å². The first-order valence-corrected chi connectivity index (χ1v) is 11.2. The highest BCUT2D eigenvalue weighted by Gasteiger charge is 2.25. The van der Waals surface area contributed by atoms with E-state index in [-0.39, 0.29) is 49.3 Å². The van der Waals surface area contributed by atoms with Gasteiger partial charge in [0.2, 0.25) is 0 Å². The number of nitrogens with two attached hydrogens (primary N) is 1. The van der Waals surface area contributed by atoms with Crippen LogP contribution in [-0.4, -0.2) is 40.9 Å². The molecule has 0 aliphatic carbocycles. The molecule has 0 bridgehead atoms. The van der Waals surface area contributed by atoms with E-state index in [0.717, 1.165) is 11.3 Å². The minimum absolute atomic E-state index is 0.0483. The number of aromatic nitrogens is 3. The third-order valence-corrected chi connectivity index (χ3v) is 5.44. The number of benzene rings is 1. The number of anilines is 2. The normalized spacial score (nSPS) is 11.1. The number of hydrogen-bond donors (Lipinski definition) is 2. The monoisotopic (exact) mass is 485 g/mol. The fourth-order valence-electron chi connectivity index (χ4n) is 3.62. The van der Waals surface area contributed by atoms with Gasteiger partial charge in [-0.3, -0.25) is 24.0 Å². The molecule has 0 unspecified atom stereocenters. The molecule has 2 heterocycles. The third-order valence-electron chi connectivity index (χ3n) is 5.44. The molecule has 3 N–H and O–H groups in total. The number of nitrogens with zero attached hydrogens (tertiary/aromatic N) is 3. The molecule has 0 radical (unpaired) electrons. The van der Waals surface area contributed by atoms with E-state index in [1.54, 1.807) is 31.2 Å². The lowest BCUT2D eigenvalue weighted by Crippen LogP contribution is -2.42. The largest absolute Gasteiger partial charge is 0.489 e. The zero-order chi connectivity index (χ0) is 25.7. The second kappa shape index (κ2) is 11.0. The lowest BCUT2D eigenvalue weighted by Gasteiger charge is -2.25. The minimum atomic E-state index is -0.747. The number of hydrogen-bond acceptors (Lipinski definition) is 8. The molecule has 0 aliphatic rings. The number of methoxy groups -OCH3 is 1. The average Bonchev–Trinajstić information content (AvgIpc) is 3.14. The highest BCUT2D eigenvalue weighted by molar-refractivity contribution is 6.07. The summed E-state index contributed by atoms with van der Waals surface area (Å²) in [5.74, 6) is 0.629. The van der Waals surface area contributed by atoms with Gasteiger partial charge in [0.1, 0.15) is 23.9 Å². The van der Waals surface area contributed by atoms with Gasteiger partial charge in [0.15, 0.2) is 5.69 Å². The molecule has 35 heavy (non-hydrogen) atoms. The summed E-state index contributed by atoms with van der Waals surface area (Å²) in [4.78, 5) is 42.2. The van der Waals surface area contributed by atoms with Crippen LogP contribution in [0.15, 0.2) is 38.4 Å². The Morgan fingerprint density at radius 2 is 2.03 bits per heavy atom. The molecule has 0 saturated carbocycles. The molecule has 11 heteroatoms. The van der Waals surface area contributed by atoms with E-state index in [0.29, 0.717) is 11.5 Å². The van der Waals surface area contributed by atoms with Gasteiger partial charge in [0, 0.05) is 25.8 Å². The Balaban J connectivity index is 1.96. The summed E-state index contributed by atoms with van der Waals surface area (Å²) < 4.78 is 17.4. The van der Waals surface area contributed by atoms with Crippen LogP contribution >= 0.6 is 0 Å². The van der Waals surface area contributed by atoms with Gasteiger partial charge in [-0.15, -0.1) is 0 Å². The Morgan fingerprint density at radius 3 is 2.66 bits per heavy atom. The fourth-order valence-corrected chi connectivity index (χ4v) is 3.62. The summed E-state index contributed by atoms with van der Waals surface area (Å²) in [6.07, 6.45) is 0. The Morgan fingerprint density at radius 1 is 1.29 bits per heavy atom. The molecule has 3 rings (SSSR count). The van der Waals surface area contributed by atoms with E-state index in [1.807, 2.05) is 20.8 Å². The van der Waals surface area contributed by atoms with Gasteiger partial charge < -0.3 is 19.7 Å². The first-order chi connectivity index (χ1) is 16.6. The van der Waals surface area contributed by atoms with Crippen molar-refractivity contribution in [3.63, 3.8) is 0 Å². The molecular formula is C24H31N5O6. The van der Waals surface area contributed by atoms with Crippen molar-refractivity contribution in [2.24, 2.45) is 5.92 Å². The molecule has 0 aliphatic heterocycles. The molecule has 3 aromatic rings. The third kappa shape index (κ3) is 5.80. The zero-order valence-corrected chi connectivity index (χ0v) is 20.6. The van der Waals surface area contributed by atoms with Crippen molar-refractivity contribution in [1.82, 2.24) is 14.7 Å². The number of rotatable bonds is 10. The maximum Gasteiger partial charge on any atom is 0.330 e. The fraction of sp³-hybridized carbons (Fsp3) is 0.417. The van der Waals surface area contributed by atoms with E-state index >= 15 is 0 Å². The smallest absolute Gasteiger partial charge is 0.330 e. The predicted octanol–water partition coefficient (Wildman–Crippen LogP) is 2.25. The summed E-state index contributed by atoms with van der Waals surface area (Å²) >= 11 is 0. The molecule has 11 nitrogen and oxygen atoms in total. The summed E-state index contributed by atoms with van der Waals surface area (Å²) in [5.41, 5.74) is 6.61. The molecular weight excluding hydrogens is 454 g/mol. The summed E-state index contributed by atoms with van der Waals surface area (Å²) in [7, 11) is 1.49. The minimum Gasteiger partial charge on any atom is -0.489 e. The lowest BCUT2D eigenvalue weighted by atomic mass is 10.1. The lowest BCUT2D eigenvalue weighted by molar-refractivity contribution is 0.0975. The van der Waals surface area contributed by atoms with Crippen LogP contribution in [0.3, 0.4) is 0 Å². The van der Waals surface area contributed by atoms with Crippen molar-refractivity contribution in [3.8, 4) is 5.75 Å². The zero-order valence-electron chi connectivity index (χ0n) is 20.6. The van der Waals surface area contributed by atoms with Crippen molar-refractivity contribution in [2.45, 2.75) is 40.8 Å². The van der Waals surface area contributed by atoms with Crippen molar-refractivity contribution in [3.05, 3.63) is 67.7 Å². The van der Waals surface area contributed by atoms with E-state index in [4.69, 9.17) is 19.7 Å². The second-order valence-electron chi connectivity index (χ2n) is 8.57. The van der Waals surface area contributed by atoms with Crippen LogP contribution in [0, 0.1) is 19.8 Å². The van der Waals surface area contributed by atoms with Crippen LogP contribution in [0.25, 0.3) is 0 Å². The summed E-state index contributed by atoms with van der Waals surface area (Å²) in [5, 5.41) is 3.91. The maximum atomic E-state index is 13.6. The molecule has 0 atom stereocenters. The number of ether oxygens (including phenoxy) is 2. The summed E-state index contributed by atoms with van der Waals surface area (Å²) in [6.45, 7) is 8.15. The van der Waals surface area contributed by atoms with Gasteiger partial charge in [-0.25, -0.2) is 4.79 Å². The summed E-state index contributed by atoms with van der Waals surface area (Å²) in [6, 6.07) is 6.59. The highest BCUT2D eigenvalue weighted by Crippen LogP contribution is 2.23. The first-order valence-electron chi connectivity index (χ1n) is 11.2. The average molecular weight is 486 g/mol. The number of amides is 1. The van der Waals surface area contributed by atoms with Crippen molar-refractivity contribution >= 4 is 17.4 Å². The molecule has 2 aromatic heterocycles. The number of nitrogens with one attached hydrogen (secondary N) is 1. The van der Waals surface area contributed by atoms with Gasteiger partial charge in [-0.05, 0) is 38.0 Å². The van der Waals surface area contributed by atoms with E-state index < -0.39 is 17.2 Å². The number of carbonyl (C=O) groups excluding carboxylic acids is 1. The Labute approximate surface area is 202 Å². The number of nitrogen functional groups attached to an aromatic ring is 1. The van der Waals surface area contributed by atoms with Crippen LogP contribution in [0.2, 0.25) is 0 Å². The predicted molar refractivity (Wildman–Crippen MR) is 131 cm³/mol. The Kier molecular flexibility index (Phi) is 8.13. The van der Waals surface area contributed by atoms with Crippen molar-refractivity contribution in [2.75, 3.05) is 30.9 Å². The number of aryl methyl sites for hydroxylation is 2. The van der Waals surface area contributed by atoms with Gasteiger partial charge >= 0.3 is 5.69 Å². The van der Waals surface area contributed by atoms with E-state index in [2.05, 4.69) is 10.1 Å². The highest BCUT2D eigenvalue weighted by atomic mass is 16.5. The topological polar surface area (TPSA) is 146 Å². The van der Waals surface area contributed by atoms with Gasteiger partial charge in [-0.2, -0.15) is 0 Å². The van der Waals surface area contributed by atoms with Gasteiger partial charge in [0.05, 0.1) is 17.9 Å². The van der Waals surface area contributed by atoms with E-state index in [1.165, 1.54) is 16.6 Å². The van der Waals surface area contributed by atoms with E-state index in [9.17, 15) is 14.4 Å². The molecule has 0 fully saturated rings. The van der Waals surface area contributed by atoms with Gasteiger partial charge in [-0.1, -0.05) is 25.1 Å². The molecule has 188 valence electrons. The van der Waals surface area contributed by atoms with Gasteiger partial charge in [0.25, 0.3) is 11.5 Å². The Hall–Kier alpha value is -3.86. The molecule has 0 spiro atoms. The standard InChI is InChI=1S/C24H31N5O6/c1-14(2)12-29-21(25)20(22(30)26-24(29)32)28(9-10-33-5)23(31)17-7-6-8-18(11-17)34-13-19-15(3)27-35-16(19)4/h6-8,11,14H,9-10,12-13,25H2,1-5H3,(H,26,30,32). The quantitative estimate of drug-likeness (QED) is 0.445. The first kappa shape index (κ1) is 25.8. The van der Waals surface area contributed by atoms with Crippen LogP contribution < -0.4 is 26.6 Å². The molecule has 1 aromatic carbocycles.